The minimum absolute atomic E-state index is 0.494. The van der Waals surface area contributed by atoms with E-state index in [-0.39, 0.29) is 0 Å². The number of thioether (sulfide) groups is 1. The minimum atomic E-state index is 0.494. The lowest BCUT2D eigenvalue weighted by atomic mass is 9.77. The smallest absolute Gasteiger partial charge is 0.0302 e. The van der Waals surface area contributed by atoms with Gasteiger partial charge in [0.1, 0.15) is 0 Å². The van der Waals surface area contributed by atoms with Gasteiger partial charge in [-0.05, 0) is 32.6 Å². The molecule has 76 valence electrons. The lowest BCUT2D eigenvalue weighted by Gasteiger charge is -2.49. The molecule has 1 heterocycles. The van der Waals surface area contributed by atoms with Crippen molar-refractivity contribution in [2.24, 2.45) is 5.92 Å². The zero-order valence-corrected chi connectivity index (χ0v) is 9.79. The Morgan fingerprint density at radius 3 is 2.46 bits per heavy atom. The molecule has 0 bridgehead atoms. The van der Waals surface area contributed by atoms with Crippen LogP contribution in [0, 0.1) is 5.92 Å². The Hall–Kier alpha value is 0.310. The van der Waals surface area contributed by atoms with Crippen LogP contribution in [-0.2, 0) is 0 Å². The van der Waals surface area contributed by atoms with Crippen molar-refractivity contribution in [1.29, 1.82) is 0 Å². The maximum Gasteiger partial charge on any atom is 0.0302 e. The Kier molecular flexibility index (Phi) is 2.63. The lowest BCUT2D eigenvalue weighted by molar-refractivity contribution is 0.179. The van der Waals surface area contributed by atoms with E-state index in [0.29, 0.717) is 4.75 Å². The summed E-state index contributed by atoms with van der Waals surface area (Å²) in [4.78, 5) is 0. The predicted octanol–water partition coefficient (Wildman–Crippen LogP) is 2.66. The SMILES string of the molecule is CCC1CCC1NC1CSC1(C)C. The zero-order chi connectivity index (χ0) is 9.47. The average molecular weight is 199 g/mol. The van der Waals surface area contributed by atoms with Gasteiger partial charge in [0.05, 0.1) is 0 Å². The Bertz CT molecular complexity index is 189. The molecule has 1 aliphatic carbocycles. The van der Waals surface area contributed by atoms with Gasteiger partial charge in [-0.1, -0.05) is 13.3 Å². The fourth-order valence-corrected chi connectivity index (χ4v) is 3.45. The quantitative estimate of drug-likeness (QED) is 0.750. The van der Waals surface area contributed by atoms with E-state index in [0.717, 1.165) is 18.0 Å². The molecule has 2 fully saturated rings. The molecule has 3 unspecified atom stereocenters. The third-order valence-electron chi connectivity index (χ3n) is 3.82. The van der Waals surface area contributed by atoms with Crippen LogP contribution in [0.25, 0.3) is 0 Å². The molecule has 2 rings (SSSR count). The van der Waals surface area contributed by atoms with Crippen molar-refractivity contribution in [3.05, 3.63) is 0 Å². The van der Waals surface area contributed by atoms with Gasteiger partial charge in [0, 0.05) is 22.6 Å². The summed E-state index contributed by atoms with van der Waals surface area (Å²) >= 11 is 2.09. The topological polar surface area (TPSA) is 12.0 Å². The monoisotopic (exact) mass is 199 g/mol. The lowest BCUT2D eigenvalue weighted by Crippen LogP contribution is -2.60. The molecule has 0 aromatic rings. The molecule has 3 atom stereocenters. The molecule has 2 aliphatic rings. The summed E-state index contributed by atoms with van der Waals surface area (Å²) in [6.07, 6.45) is 4.22. The Morgan fingerprint density at radius 2 is 2.15 bits per heavy atom. The molecular weight excluding hydrogens is 178 g/mol. The maximum absolute atomic E-state index is 3.82. The fraction of sp³-hybridized carbons (Fsp3) is 1.00. The molecule has 1 aliphatic heterocycles. The second kappa shape index (κ2) is 3.47. The summed E-state index contributed by atoms with van der Waals surface area (Å²) in [5.74, 6) is 2.29. The molecule has 13 heavy (non-hydrogen) atoms. The van der Waals surface area contributed by atoms with Crippen molar-refractivity contribution in [1.82, 2.24) is 5.32 Å². The van der Waals surface area contributed by atoms with E-state index >= 15 is 0 Å². The van der Waals surface area contributed by atoms with Gasteiger partial charge < -0.3 is 5.32 Å². The van der Waals surface area contributed by atoms with Gasteiger partial charge in [-0.2, -0.15) is 11.8 Å². The summed E-state index contributed by atoms with van der Waals surface area (Å²) in [5.41, 5.74) is 0. The Morgan fingerprint density at radius 1 is 1.38 bits per heavy atom. The first-order valence-electron chi connectivity index (χ1n) is 5.53. The van der Waals surface area contributed by atoms with Crippen molar-refractivity contribution < 1.29 is 0 Å². The normalized spacial score (nSPS) is 42.2. The molecule has 0 radical (unpaired) electrons. The van der Waals surface area contributed by atoms with E-state index in [2.05, 4.69) is 37.8 Å². The highest BCUT2D eigenvalue weighted by molar-refractivity contribution is 8.02. The molecule has 0 spiro atoms. The van der Waals surface area contributed by atoms with Crippen LogP contribution in [0.15, 0.2) is 0 Å². The van der Waals surface area contributed by atoms with Crippen molar-refractivity contribution in [3.63, 3.8) is 0 Å². The van der Waals surface area contributed by atoms with Gasteiger partial charge in [-0.25, -0.2) is 0 Å². The molecule has 0 aromatic carbocycles. The van der Waals surface area contributed by atoms with Crippen LogP contribution in [0.2, 0.25) is 0 Å². The largest absolute Gasteiger partial charge is 0.309 e. The third kappa shape index (κ3) is 1.75. The number of rotatable bonds is 3. The van der Waals surface area contributed by atoms with Crippen molar-refractivity contribution in [2.45, 2.75) is 56.9 Å². The fourth-order valence-electron chi connectivity index (χ4n) is 2.28. The second-order valence-electron chi connectivity index (χ2n) is 4.99. The van der Waals surface area contributed by atoms with Gasteiger partial charge in [0.2, 0.25) is 0 Å². The Labute approximate surface area is 86.0 Å². The zero-order valence-electron chi connectivity index (χ0n) is 8.97. The molecule has 1 nitrogen and oxygen atoms in total. The van der Waals surface area contributed by atoms with Crippen molar-refractivity contribution in [2.75, 3.05) is 5.75 Å². The van der Waals surface area contributed by atoms with Crippen LogP contribution in [0.1, 0.15) is 40.0 Å². The summed E-state index contributed by atoms with van der Waals surface area (Å²) in [6.45, 7) is 7.04. The molecule has 0 amide bonds. The molecule has 0 aromatic heterocycles. The first-order valence-corrected chi connectivity index (χ1v) is 6.52. The van der Waals surface area contributed by atoms with Gasteiger partial charge in [0.25, 0.3) is 0 Å². The molecule has 1 N–H and O–H groups in total. The predicted molar refractivity (Wildman–Crippen MR) is 60.3 cm³/mol. The molecule has 1 saturated heterocycles. The van der Waals surface area contributed by atoms with Crippen molar-refractivity contribution in [3.8, 4) is 0 Å². The minimum Gasteiger partial charge on any atom is -0.309 e. The third-order valence-corrected chi connectivity index (χ3v) is 5.35. The number of hydrogen-bond donors (Lipinski definition) is 1. The Balaban J connectivity index is 1.79. The van der Waals surface area contributed by atoms with Crippen LogP contribution in [-0.4, -0.2) is 22.6 Å². The van der Waals surface area contributed by atoms with E-state index < -0.39 is 0 Å². The van der Waals surface area contributed by atoms with Gasteiger partial charge in [-0.15, -0.1) is 0 Å². The van der Waals surface area contributed by atoms with E-state index in [1.807, 2.05) is 0 Å². The van der Waals surface area contributed by atoms with Crippen LogP contribution in [0.5, 0.6) is 0 Å². The van der Waals surface area contributed by atoms with Crippen LogP contribution in [0.3, 0.4) is 0 Å². The first kappa shape index (κ1) is 9.85. The van der Waals surface area contributed by atoms with Gasteiger partial charge in [-0.3, -0.25) is 0 Å². The highest BCUT2D eigenvalue weighted by atomic mass is 32.2. The van der Waals surface area contributed by atoms with E-state index in [1.165, 1.54) is 25.0 Å². The highest BCUT2D eigenvalue weighted by Crippen LogP contribution is 2.42. The summed E-state index contributed by atoms with van der Waals surface area (Å²) in [7, 11) is 0. The van der Waals surface area contributed by atoms with Crippen LogP contribution >= 0.6 is 11.8 Å². The second-order valence-corrected chi connectivity index (χ2v) is 6.66. The number of hydrogen-bond acceptors (Lipinski definition) is 2. The van der Waals surface area contributed by atoms with Crippen molar-refractivity contribution >= 4 is 11.8 Å². The first-order chi connectivity index (χ1) is 6.13. The molecule has 2 heteroatoms. The van der Waals surface area contributed by atoms with E-state index in [1.54, 1.807) is 0 Å². The summed E-state index contributed by atoms with van der Waals surface area (Å²) < 4.78 is 0.494. The van der Waals surface area contributed by atoms with Gasteiger partial charge in [0.15, 0.2) is 0 Å². The van der Waals surface area contributed by atoms with Crippen LogP contribution in [0.4, 0.5) is 0 Å². The van der Waals surface area contributed by atoms with Crippen LogP contribution < -0.4 is 5.32 Å². The summed E-state index contributed by atoms with van der Waals surface area (Å²) in [6, 6.07) is 1.62. The van der Waals surface area contributed by atoms with E-state index in [9.17, 15) is 0 Å². The number of nitrogens with one attached hydrogen (secondary N) is 1. The standard InChI is InChI=1S/C11H21NS/c1-4-8-5-6-9(8)12-10-7-13-11(10,2)3/h8-10,12H,4-7H2,1-3H3. The summed E-state index contributed by atoms with van der Waals surface area (Å²) in [5, 5.41) is 3.82. The molecular formula is C11H21NS. The molecule has 1 saturated carbocycles. The van der Waals surface area contributed by atoms with Gasteiger partial charge >= 0.3 is 0 Å². The highest BCUT2D eigenvalue weighted by Gasteiger charge is 2.42. The maximum atomic E-state index is 3.82. The van der Waals surface area contributed by atoms with E-state index in [4.69, 9.17) is 0 Å². The average Bonchev–Trinajstić information content (AvgIpc) is 2.02.